The molecule has 0 fully saturated rings. The van der Waals surface area contributed by atoms with Gasteiger partial charge >= 0.3 is 5.97 Å². The van der Waals surface area contributed by atoms with Crippen molar-refractivity contribution < 1.29 is 19.1 Å². The van der Waals surface area contributed by atoms with Crippen LogP contribution >= 0.6 is 0 Å². The van der Waals surface area contributed by atoms with Gasteiger partial charge in [0.05, 0.1) is 12.8 Å². The lowest BCUT2D eigenvalue weighted by atomic mass is 10.4. The molecule has 0 unspecified atom stereocenters. The molecule has 1 heterocycles. The van der Waals surface area contributed by atoms with Crippen LogP contribution in [-0.2, 0) is 14.3 Å². The Morgan fingerprint density at radius 3 is 2.88 bits per heavy atom. The molecule has 0 saturated carbocycles. The number of aromatic nitrogens is 2. The molecule has 1 aromatic heterocycles. The molecule has 17 heavy (non-hydrogen) atoms. The topological polar surface area (TPSA) is 90.4 Å². The van der Waals surface area contributed by atoms with Crippen molar-refractivity contribution in [1.82, 2.24) is 15.3 Å². The number of nitrogens with zero attached hydrogens (tertiary/aromatic N) is 2. The monoisotopic (exact) mass is 239 g/mol. The molecule has 1 amide bonds. The van der Waals surface area contributed by atoms with Gasteiger partial charge < -0.3 is 14.8 Å². The number of esters is 1. The fraction of sp³-hybridized carbons (Fsp3) is 0.400. The number of ether oxygens (including phenoxy) is 2. The average molecular weight is 239 g/mol. The molecule has 7 nitrogen and oxygen atoms in total. The van der Waals surface area contributed by atoms with E-state index in [0.29, 0.717) is 13.2 Å². The van der Waals surface area contributed by atoms with Crippen LogP contribution in [0.5, 0.6) is 0 Å². The van der Waals surface area contributed by atoms with Crippen molar-refractivity contribution in [1.29, 1.82) is 0 Å². The van der Waals surface area contributed by atoms with Crippen LogP contribution in [0.1, 0.15) is 10.5 Å². The fourth-order valence-electron chi connectivity index (χ4n) is 0.953. The molecule has 1 N–H and O–H groups in total. The lowest BCUT2D eigenvalue weighted by Gasteiger charge is -2.05. The van der Waals surface area contributed by atoms with E-state index in [9.17, 15) is 9.59 Å². The van der Waals surface area contributed by atoms with Gasteiger partial charge in [0.2, 0.25) is 0 Å². The fourth-order valence-corrected chi connectivity index (χ4v) is 0.953. The van der Waals surface area contributed by atoms with E-state index in [1.54, 1.807) is 0 Å². The highest BCUT2D eigenvalue weighted by atomic mass is 16.5. The maximum atomic E-state index is 11.3. The van der Waals surface area contributed by atoms with Gasteiger partial charge in [-0.3, -0.25) is 9.78 Å². The van der Waals surface area contributed by atoms with Crippen molar-refractivity contribution in [2.24, 2.45) is 0 Å². The van der Waals surface area contributed by atoms with Crippen molar-refractivity contribution >= 4 is 11.9 Å². The number of nitrogens with one attached hydrogen (secondary N) is 1. The Hall–Kier alpha value is -2.02. The summed E-state index contributed by atoms with van der Waals surface area (Å²) in [5, 5.41) is 2.51. The van der Waals surface area contributed by atoms with Crippen molar-refractivity contribution in [3.63, 3.8) is 0 Å². The summed E-state index contributed by atoms with van der Waals surface area (Å²) in [6, 6.07) is 0. The Morgan fingerprint density at radius 2 is 2.24 bits per heavy atom. The molecule has 0 aliphatic carbocycles. The molecule has 92 valence electrons. The quantitative estimate of drug-likeness (QED) is 0.526. The van der Waals surface area contributed by atoms with E-state index in [2.05, 4.69) is 15.3 Å². The van der Waals surface area contributed by atoms with Gasteiger partial charge in [-0.05, 0) is 0 Å². The molecule has 0 spiro atoms. The molecule has 0 saturated heterocycles. The lowest BCUT2D eigenvalue weighted by Crippen LogP contribution is -2.31. The van der Waals surface area contributed by atoms with Gasteiger partial charge in [-0.15, -0.1) is 0 Å². The van der Waals surface area contributed by atoms with E-state index in [1.165, 1.54) is 25.7 Å². The minimum atomic E-state index is -0.681. The largest absolute Gasteiger partial charge is 0.451 e. The molecule has 0 aromatic carbocycles. The zero-order valence-electron chi connectivity index (χ0n) is 9.38. The van der Waals surface area contributed by atoms with Crippen LogP contribution in [0.3, 0.4) is 0 Å². The van der Waals surface area contributed by atoms with Crippen molar-refractivity contribution in [2.45, 2.75) is 0 Å². The predicted molar refractivity (Wildman–Crippen MR) is 57.2 cm³/mol. The van der Waals surface area contributed by atoms with Gasteiger partial charge in [0.1, 0.15) is 0 Å². The van der Waals surface area contributed by atoms with Gasteiger partial charge in [-0.25, -0.2) is 9.78 Å². The summed E-state index contributed by atoms with van der Waals surface area (Å²) in [4.78, 5) is 30.0. The van der Waals surface area contributed by atoms with Crippen LogP contribution in [0.4, 0.5) is 0 Å². The first-order chi connectivity index (χ1) is 8.24. The van der Waals surface area contributed by atoms with Crippen LogP contribution in [0.15, 0.2) is 18.6 Å². The van der Waals surface area contributed by atoms with Crippen molar-refractivity contribution in [3.8, 4) is 0 Å². The standard InChI is InChI=1S/C10H13N3O4/c1-16-5-4-13-9(14)7-17-10(15)8-6-11-2-3-12-8/h2-3,6H,4-5,7H2,1H3,(H,13,14). The molecule has 7 heteroatoms. The molecular weight excluding hydrogens is 226 g/mol. The maximum Gasteiger partial charge on any atom is 0.359 e. The molecule has 1 aromatic rings. The molecule has 1 rings (SSSR count). The van der Waals surface area contributed by atoms with Gasteiger partial charge in [-0.2, -0.15) is 0 Å². The number of methoxy groups -OCH3 is 1. The third-order valence-electron chi connectivity index (χ3n) is 1.74. The first kappa shape index (κ1) is 13.0. The van der Waals surface area contributed by atoms with Crippen LogP contribution in [-0.4, -0.2) is 48.7 Å². The average Bonchev–Trinajstić information content (AvgIpc) is 2.37. The summed E-state index contributed by atoms with van der Waals surface area (Å²) in [7, 11) is 1.53. The van der Waals surface area contributed by atoms with E-state index in [4.69, 9.17) is 9.47 Å². The molecule has 0 bridgehead atoms. The summed E-state index contributed by atoms with van der Waals surface area (Å²) in [5.74, 6) is -1.07. The molecule has 0 atom stereocenters. The second-order valence-electron chi connectivity index (χ2n) is 3.01. The van der Waals surface area contributed by atoms with Crippen LogP contribution < -0.4 is 5.32 Å². The van der Waals surface area contributed by atoms with E-state index in [-0.39, 0.29) is 18.2 Å². The number of hydrogen-bond acceptors (Lipinski definition) is 6. The van der Waals surface area contributed by atoms with Crippen LogP contribution in [0.2, 0.25) is 0 Å². The Balaban J connectivity index is 2.26. The number of rotatable bonds is 6. The number of amides is 1. The lowest BCUT2D eigenvalue weighted by molar-refractivity contribution is -0.124. The van der Waals surface area contributed by atoms with Gasteiger partial charge in [0.25, 0.3) is 5.91 Å². The van der Waals surface area contributed by atoms with E-state index < -0.39 is 5.97 Å². The van der Waals surface area contributed by atoms with E-state index in [1.807, 2.05) is 0 Å². The molecule has 0 aliphatic rings. The highest BCUT2D eigenvalue weighted by molar-refractivity contribution is 5.89. The first-order valence-electron chi connectivity index (χ1n) is 4.93. The smallest absolute Gasteiger partial charge is 0.359 e. The predicted octanol–water partition coefficient (Wildman–Crippen LogP) is -0.604. The molecule has 0 radical (unpaired) electrons. The minimum absolute atomic E-state index is 0.0668. The van der Waals surface area contributed by atoms with E-state index >= 15 is 0 Å². The van der Waals surface area contributed by atoms with Crippen molar-refractivity contribution in [2.75, 3.05) is 26.9 Å². The number of hydrogen-bond donors (Lipinski definition) is 1. The van der Waals surface area contributed by atoms with Crippen molar-refractivity contribution in [3.05, 3.63) is 24.3 Å². The molecule has 0 aliphatic heterocycles. The number of carbonyl (C=O) groups is 2. The SMILES string of the molecule is COCCNC(=O)COC(=O)c1cnccn1. The van der Waals surface area contributed by atoms with Crippen LogP contribution in [0, 0.1) is 0 Å². The third kappa shape index (κ3) is 5.03. The minimum Gasteiger partial charge on any atom is -0.451 e. The molecular formula is C10H13N3O4. The summed E-state index contributed by atoms with van der Waals surface area (Å²) >= 11 is 0. The maximum absolute atomic E-state index is 11.3. The Bertz CT molecular complexity index is 369. The Labute approximate surface area is 98.2 Å². The summed E-state index contributed by atoms with van der Waals surface area (Å²) in [6.45, 7) is 0.432. The highest BCUT2D eigenvalue weighted by Gasteiger charge is 2.10. The van der Waals surface area contributed by atoms with Gasteiger partial charge in [0, 0.05) is 26.0 Å². The van der Waals surface area contributed by atoms with Gasteiger partial charge in [-0.1, -0.05) is 0 Å². The summed E-state index contributed by atoms with van der Waals surface area (Å²) in [6.07, 6.45) is 4.08. The zero-order valence-corrected chi connectivity index (χ0v) is 9.38. The summed E-state index contributed by atoms with van der Waals surface area (Å²) < 4.78 is 9.47. The highest BCUT2D eigenvalue weighted by Crippen LogP contribution is 1.93. The van der Waals surface area contributed by atoms with Crippen LogP contribution in [0.25, 0.3) is 0 Å². The third-order valence-corrected chi connectivity index (χ3v) is 1.74. The second-order valence-corrected chi connectivity index (χ2v) is 3.01. The Kier molecular flexibility index (Phi) is 5.59. The van der Waals surface area contributed by atoms with E-state index in [0.717, 1.165) is 0 Å². The normalized spacial score (nSPS) is 9.71. The second kappa shape index (κ2) is 7.29. The summed E-state index contributed by atoms with van der Waals surface area (Å²) in [5.41, 5.74) is 0.0668. The van der Waals surface area contributed by atoms with Gasteiger partial charge in [0.15, 0.2) is 12.3 Å². The Morgan fingerprint density at radius 1 is 1.41 bits per heavy atom. The first-order valence-corrected chi connectivity index (χ1v) is 4.93. The number of carbonyl (C=O) groups excluding carboxylic acids is 2. The zero-order chi connectivity index (χ0) is 12.5.